The van der Waals surface area contributed by atoms with Gasteiger partial charge < -0.3 is 15.5 Å². The molecule has 20 heavy (non-hydrogen) atoms. The normalized spacial score (nSPS) is 16.0. The van der Waals surface area contributed by atoms with Gasteiger partial charge in [0.25, 0.3) is 0 Å². The van der Waals surface area contributed by atoms with E-state index in [1.54, 1.807) is 16.7 Å². The first kappa shape index (κ1) is 12.9. The number of fused-ring (bicyclic) bond motifs is 1. The van der Waals surface area contributed by atoms with Crippen molar-refractivity contribution in [1.29, 1.82) is 0 Å². The van der Waals surface area contributed by atoms with Crippen LogP contribution < -0.4 is 5.32 Å². The maximum atomic E-state index is 11.2. The van der Waals surface area contributed by atoms with Gasteiger partial charge in [0, 0.05) is 12.2 Å². The number of rotatable bonds is 4. The third-order valence-corrected chi connectivity index (χ3v) is 3.82. The maximum Gasteiger partial charge on any atom is 0.356 e. The molecule has 3 rings (SSSR count). The van der Waals surface area contributed by atoms with Crippen LogP contribution >= 0.6 is 0 Å². The molecule has 0 atom stereocenters. The molecule has 2 aromatic rings. The monoisotopic (exact) mass is 275 g/mol. The molecule has 0 aliphatic heterocycles. The van der Waals surface area contributed by atoms with E-state index in [4.69, 9.17) is 0 Å². The maximum absolute atomic E-state index is 11.2. The van der Waals surface area contributed by atoms with Gasteiger partial charge in [0.1, 0.15) is 17.1 Å². The molecule has 0 saturated heterocycles. The molecule has 1 aliphatic carbocycles. The van der Waals surface area contributed by atoms with Crippen molar-refractivity contribution < 1.29 is 15.0 Å². The van der Waals surface area contributed by atoms with Crippen LogP contribution in [0, 0.1) is 0 Å². The highest BCUT2D eigenvalue weighted by atomic mass is 16.4. The van der Waals surface area contributed by atoms with Crippen molar-refractivity contribution in [2.75, 3.05) is 0 Å². The van der Waals surface area contributed by atoms with Crippen LogP contribution in [0.1, 0.15) is 42.0 Å². The average molecular weight is 275 g/mol. The number of aromatic carboxylic acids is 1. The smallest absolute Gasteiger partial charge is 0.356 e. The lowest BCUT2D eigenvalue weighted by Gasteiger charge is -2.10. The molecule has 1 saturated carbocycles. The van der Waals surface area contributed by atoms with Crippen molar-refractivity contribution in [3.63, 3.8) is 0 Å². The lowest BCUT2D eigenvalue weighted by atomic mass is 10.2. The van der Waals surface area contributed by atoms with Gasteiger partial charge in [0.2, 0.25) is 0 Å². The van der Waals surface area contributed by atoms with Crippen LogP contribution in [0.5, 0.6) is 5.75 Å². The Bertz CT molecular complexity index is 644. The van der Waals surface area contributed by atoms with Crippen LogP contribution in [0.25, 0.3) is 5.52 Å². The molecular weight excluding hydrogens is 258 g/mol. The second kappa shape index (κ2) is 5.13. The van der Waals surface area contributed by atoms with Crippen molar-refractivity contribution in [2.45, 2.75) is 38.3 Å². The summed E-state index contributed by atoms with van der Waals surface area (Å²) in [6.45, 7) is 0.503. The molecule has 1 fully saturated rings. The number of aromatic hydroxyl groups is 1. The van der Waals surface area contributed by atoms with Gasteiger partial charge in [-0.05, 0) is 25.0 Å². The Kier molecular flexibility index (Phi) is 3.31. The topological polar surface area (TPSA) is 86.9 Å². The number of hydrogen-bond donors (Lipinski definition) is 3. The third kappa shape index (κ3) is 2.22. The van der Waals surface area contributed by atoms with E-state index in [0.717, 1.165) is 12.8 Å². The van der Waals surface area contributed by atoms with Crippen molar-refractivity contribution >= 4 is 11.5 Å². The summed E-state index contributed by atoms with van der Waals surface area (Å²) in [5.41, 5.74) is 0.148. The van der Waals surface area contributed by atoms with E-state index in [-0.39, 0.29) is 17.0 Å². The number of carbonyl (C=O) groups is 1. The molecule has 106 valence electrons. The van der Waals surface area contributed by atoms with Crippen LogP contribution in [0.2, 0.25) is 0 Å². The number of aromatic nitrogens is 2. The molecule has 0 unspecified atom stereocenters. The number of carboxylic acid groups (broad SMARTS) is 1. The van der Waals surface area contributed by atoms with E-state index in [1.165, 1.54) is 18.9 Å². The number of nitrogens with one attached hydrogen (secondary N) is 1. The van der Waals surface area contributed by atoms with Crippen LogP contribution in [-0.2, 0) is 6.54 Å². The minimum atomic E-state index is -1.13. The van der Waals surface area contributed by atoms with E-state index < -0.39 is 5.97 Å². The van der Waals surface area contributed by atoms with Crippen molar-refractivity contribution in [3.05, 3.63) is 29.8 Å². The first-order chi connectivity index (χ1) is 9.66. The molecule has 0 spiro atoms. The Morgan fingerprint density at radius 3 is 2.90 bits per heavy atom. The SMILES string of the molecule is O=C(O)c1nc(CNC2CCCC2)n2cccc(O)c12. The van der Waals surface area contributed by atoms with Crippen LogP contribution in [0.4, 0.5) is 0 Å². The zero-order valence-corrected chi connectivity index (χ0v) is 11.0. The fraction of sp³-hybridized carbons (Fsp3) is 0.429. The first-order valence-electron chi connectivity index (χ1n) is 6.82. The third-order valence-electron chi connectivity index (χ3n) is 3.82. The highest BCUT2D eigenvalue weighted by Crippen LogP contribution is 2.24. The van der Waals surface area contributed by atoms with E-state index in [2.05, 4.69) is 10.3 Å². The molecular formula is C14H17N3O3. The molecule has 2 aromatic heterocycles. The second-order valence-electron chi connectivity index (χ2n) is 5.16. The molecule has 1 aliphatic rings. The summed E-state index contributed by atoms with van der Waals surface area (Å²) in [6, 6.07) is 3.62. The van der Waals surface area contributed by atoms with Crippen molar-refractivity contribution in [2.24, 2.45) is 0 Å². The summed E-state index contributed by atoms with van der Waals surface area (Å²) in [5, 5.41) is 22.4. The predicted octanol–water partition coefficient (Wildman–Crippen LogP) is 1.77. The zero-order chi connectivity index (χ0) is 14.1. The van der Waals surface area contributed by atoms with Gasteiger partial charge in [0.15, 0.2) is 5.69 Å². The van der Waals surface area contributed by atoms with Gasteiger partial charge in [-0.3, -0.25) is 4.40 Å². The average Bonchev–Trinajstić information content (AvgIpc) is 3.04. The molecule has 3 N–H and O–H groups in total. The van der Waals surface area contributed by atoms with Crippen LogP contribution in [0.3, 0.4) is 0 Å². The summed E-state index contributed by atoms with van der Waals surface area (Å²) < 4.78 is 1.64. The van der Waals surface area contributed by atoms with Gasteiger partial charge in [-0.15, -0.1) is 0 Å². The lowest BCUT2D eigenvalue weighted by Crippen LogP contribution is -2.26. The van der Waals surface area contributed by atoms with Crippen molar-refractivity contribution in [1.82, 2.24) is 14.7 Å². The summed E-state index contributed by atoms with van der Waals surface area (Å²) in [6.07, 6.45) is 6.50. The summed E-state index contributed by atoms with van der Waals surface area (Å²) in [5.74, 6) is -0.583. The number of imidazole rings is 1. The van der Waals surface area contributed by atoms with Gasteiger partial charge in [-0.25, -0.2) is 9.78 Å². The molecule has 0 amide bonds. The lowest BCUT2D eigenvalue weighted by molar-refractivity contribution is 0.0693. The fourth-order valence-electron chi connectivity index (χ4n) is 2.82. The summed E-state index contributed by atoms with van der Waals surface area (Å²) in [4.78, 5) is 15.4. The minimum absolute atomic E-state index is 0.0653. The Labute approximate surface area is 116 Å². The van der Waals surface area contributed by atoms with E-state index in [1.807, 2.05) is 0 Å². The summed E-state index contributed by atoms with van der Waals surface area (Å²) in [7, 11) is 0. The van der Waals surface area contributed by atoms with E-state index in [0.29, 0.717) is 18.4 Å². The number of pyridine rings is 1. The van der Waals surface area contributed by atoms with Crippen LogP contribution in [0.15, 0.2) is 18.3 Å². The zero-order valence-electron chi connectivity index (χ0n) is 11.0. The minimum Gasteiger partial charge on any atom is -0.506 e. The molecule has 0 radical (unpaired) electrons. The van der Waals surface area contributed by atoms with Gasteiger partial charge in [0.05, 0.1) is 6.54 Å². The molecule has 2 heterocycles. The number of hydrogen-bond acceptors (Lipinski definition) is 4. The largest absolute Gasteiger partial charge is 0.506 e. The molecule has 0 aromatic carbocycles. The Morgan fingerprint density at radius 2 is 2.20 bits per heavy atom. The molecule has 0 bridgehead atoms. The summed E-state index contributed by atoms with van der Waals surface area (Å²) >= 11 is 0. The van der Waals surface area contributed by atoms with Gasteiger partial charge >= 0.3 is 5.97 Å². The highest BCUT2D eigenvalue weighted by molar-refractivity contribution is 5.95. The van der Waals surface area contributed by atoms with E-state index >= 15 is 0 Å². The molecule has 6 nitrogen and oxygen atoms in total. The van der Waals surface area contributed by atoms with E-state index in [9.17, 15) is 15.0 Å². The van der Waals surface area contributed by atoms with Crippen LogP contribution in [-0.4, -0.2) is 31.6 Å². The molecule has 6 heteroatoms. The standard InChI is InChI=1S/C14H17N3O3/c18-10-6-3-7-17-11(8-15-9-4-1-2-5-9)16-12(13(10)17)14(19)20/h3,6-7,9,15,18H,1-2,4-5,8H2,(H,19,20). The van der Waals surface area contributed by atoms with Gasteiger partial charge in [-0.1, -0.05) is 12.8 Å². The Morgan fingerprint density at radius 1 is 1.45 bits per heavy atom. The number of nitrogens with zero attached hydrogens (tertiary/aromatic N) is 2. The predicted molar refractivity (Wildman–Crippen MR) is 72.9 cm³/mol. The second-order valence-corrected chi connectivity index (χ2v) is 5.16. The quantitative estimate of drug-likeness (QED) is 0.791. The Hall–Kier alpha value is -2.08. The Balaban J connectivity index is 1.94. The number of carboxylic acids is 1. The van der Waals surface area contributed by atoms with Gasteiger partial charge in [-0.2, -0.15) is 0 Å². The van der Waals surface area contributed by atoms with Crippen molar-refractivity contribution in [3.8, 4) is 5.75 Å². The fourth-order valence-corrected chi connectivity index (χ4v) is 2.82. The highest BCUT2D eigenvalue weighted by Gasteiger charge is 2.20. The first-order valence-corrected chi connectivity index (χ1v) is 6.82.